The Labute approximate surface area is 123 Å². The summed E-state index contributed by atoms with van der Waals surface area (Å²) in [7, 11) is 0. The van der Waals surface area contributed by atoms with Gasteiger partial charge in [-0.15, -0.1) is 0 Å². The standard InChI is InChI=1S/C16H31N3O/c1-4-8-16(9-5-10-17-16)15(20)18-14-6-11-19(12-7-14)13(2)3/h13-14,17H,4-12H2,1-3H3,(H,18,20). The monoisotopic (exact) mass is 281 g/mol. The zero-order chi connectivity index (χ0) is 14.6. The van der Waals surface area contributed by atoms with E-state index in [0.29, 0.717) is 12.1 Å². The lowest BCUT2D eigenvalue weighted by molar-refractivity contribution is -0.128. The summed E-state index contributed by atoms with van der Waals surface area (Å²) in [6, 6.07) is 0.989. The Hall–Kier alpha value is -0.610. The minimum absolute atomic E-state index is 0.250. The van der Waals surface area contributed by atoms with Crippen molar-refractivity contribution >= 4 is 5.91 Å². The van der Waals surface area contributed by atoms with Crippen molar-refractivity contribution in [3.05, 3.63) is 0 Å². The van der Waals surface area contributed by atoms with E-state index in [-0.39, 0.29) is 11.4 Å². The summed E-state index contributed by atoms with van der Waals surface area (Å²) in [6.45, 7) is 9.86. The Morgan fingerprint density at radius 3 is 2.60 bits per heavy atom. The van der Waals surface area contributed by atoms with E-state index in [2.05, 4.69) is 36.3 Å². The smallest absolute Gasteiger partial charge is 0.240 e. The first kappa shape index (κ1) is 15.8. The summed E-state index contributed by atoms with van der Waals surface area (Å²) in [4.78, 5) is 15.2. The van der Waals surface area contributed by atoms with Gasteiger partial charge in [0.25, 0.3) is 0 Å². The van der Waals surface area contributed by atoms with Crippen LogP contribution < -0.4 is 10.6 Å². The van der Waals surface area contributed by atoms with Crippen LogP contribution in [0.1, 0.15) is 59.3 Å². The lowest BCUT2D eigenvalue weighted by Gasteiger charge is -2.37. The molecule has 0 aromatic heterocycles. The van der Waals surface area contributed by atoms with E-state index in [9.17, 15) is 4.79 Å². The molecule has 2 saturated heterocycles. The first-order valence-corrected chi connectivity index (χ1v) is 8.37. The predicted octanol–water partition coefficient (Wildman–Crippen LogP) is 1.90. The Kier molecular flexibility index (Phi) is 5.44. The van der Waals surface area contributed by atoms with Gasteiger partial charge in [0.2, 0.25) is 5.91 Å². The minimum atomic E-state index is -0.274. The molecular formula is C16H31N3O. The van der Waals surface area contributed by atoms with Gasteiger partial charge in [-0.05, 0) is 52.5 Å². The molecule has 2 N–H and O–H groups in total. The number of likely N-dealkylation sites (tertiary alicyclic amines) is 1. The molecule has 0 saturated carbocycles. The first-order valence-electron chi connectivity index (χ1n) is 8.37. The van der Waals surface area contributed by atoms with Crippen molar-refractivity contribution in [1.29, 1.82) is 0 Å². The minimum Gasteiger partial charge on any atom is -0.352 e. The van der Waals surface area contributed by atoms with Crippen molar-refractivity contribution in [2.45, 2.75) is 76.9 Å². The molecule has 2 rings (SSSR count). The van der Waals surface area contributed by atoms with Crippen LogP contribution >= 0.6 is 0 Å². The van der Waals surface area contributed by atoms with Crippen LogP contribution in [0.4, 0.5) is 0 Å². The molecule has 0 radical (unpaired) electrons. The van der Waals surface area contributed by atoms with Crippen molar-refractivity contribution in [3.63, 3.8) is 0 Å². The van der Waals surface area contributed by atoms with E-state index in [1.165, 1.54) is 0 Å². The zero-order valence-electron chi connectivity index (χ0n) is 13.4. The van der Waals surface area contributed by atoms with Gasteiger partial charge in [0, 0.05) is 25.2 Å². The molecule has 4 nitrogen and oxygen atoms in total. The van der Waals surface area contributed by atoms with Crippen LogP contribution in [0.2, 0.25) is 0 Å². The highest BCUT2D eigenvalue weighted by Crippen LogP contribution is 2.25. The molecule has 0 bridgehead atoms. The fraction of sp³-hybridized carbons (Fsp3) is 0.938. The molecule has 116 valence electrons. The molecule has 0 aliphatic carbocycles. The lowest BCUT2D eigenvalue weighted by atomic mass is 9.90. The van der Waals surface area contributed by atoms with Gasteiger partial charge in [-0.25, -0.2) is 0 Å². The number of carbonyl (C=O) groups excluding carboxylic acids is 1. The van der Waals surface area contributed by atoms with Crippen molar-refractivity contribution in [2.24, 2.45) is 0 Å². The molecule has 20 heavy (non-hydrogen) atoms. The molecule has 2 fully saturated rings. The van der Waals surface area contributed by atoms with Gasteiger partial charge in [0.15, 0.2) is 0 Å². The van der Waals surface area contributed by atoms with Crippen LogP contribution in [0.5, 0.6) is 0 Å². The SMILES string of the molecule is CCCC1(C(=O)NC2CCN(C(C)C)CC2)CCCN1. The van der Waals surface area contributed by atoms with E-state index in [0.717, 1.165) is 58.2 Å². The molecule has 2 aliphatic heterocycles. The molecule has 1 unspecified atom stereocenters. The topological polar surface area (TPSA) is 44.4 Å². The van der Waals surface area contributed by atoms with Gasteiger partial charge in [0.1, 0.15) is 0 Å². The van der Waals surface area contributed by atoms with Crippen molar-refractivity contribution in [3.8, 4) is 0 Å². The molecule has 0 aromatic rings. The van der Waals surface area contributed by atoms with Gasteiger partial charge in [-0.2, -0.15) is 0 Å². The van der Waals surface area contributed by atoms with Gasteiger partial charge in [0.05, 0.1) is 5.54 Å². The Bertz CT molecular complexity index is 316. The van der Waals surface area contributed by atoms with Crippen molar-refractivity contribution < 1.29 is 4.79 Å². The quantitative estimate of drug-likeness (QED) is 0.809. The Morgan fingerprint density at radius 1 is 1.40 bits per heavy atom. The molecule has 0 spiro atoms. The summed E-state index contributed by atoms with van der Waals surface area (Å²) < 4.78 is 0. The maximum atomic E-state index is 12.7. The number of carbonyl (C=O) groups is 1. The van der Waals surface area contributed by atoms with Gasteiger partial charge >= 0.3 is 0 Å². The van der Waals surface area contributed by atoms with Gasteiger partial charge in [-0.1, -0.05) is 13.3 Å². The van der Waals surface area contributed by atoms with Crippen LogP contribution in [0, 0.1) is 0 Å². The van der Waals surface area contributed by atoms with Crippen molar-refractivity contribution in [2.75, 3.05) is 19.6 Å². The second-order valence-electron chi connectivity index (χ2n) is 6.74. The number of hydrogen-bond acceptors (Lipinski definition) is 3. The van der Waals surface area contributed by atoms with Crippen molar-refractivity contribution in [1.82, 2.24) is 15.5 Å². The average molecular weight is 281 g/mol. The molecule has 1 atom stereocenters. The van der Waals surface area contributed by atoms with Crippen LogP contribution in [-0.4, -0.2) is 48.1 Å². The fourth-order valence-corrected chi connectivity index (χ4v) is 3.64. The highest BCUT2D eigenvalue weighted by Gasteiger charge is 2.40. The Morgan fingerprint density at radius 2 is 2.10 bits per heavy atom. The second-order valence-corrected chi connectivity index (χ2v) is 6.74. The normalized spacial score (nSPS) is 29.0. The molecule has 2 aliphatic rings. The molecular weight excluding hydrogens is 250 g/mol. The van der Waals surface area contributed by atoms with E-state index in [4.69, 9.17) is 0 Å². The highest BCUT2D eigenvalue weighted by atomic mass is 16.2. The highest BCUT2D eigenvalue weighted by molar-refractivity contribution is 5.87. The van der Waals surface area contributed by atoms with Gasteiger partial charge < -0.3 is 15.5 Å². The lowest BCUT2D eigenvalue weighted by Crippen LogP contribution is -2.57. The largest absolute Gasteiger partial charge is 0.352 e. The summed E-state index contributed by atoms with van der Waals surface area (Å²) in [5.74, 6) is 0.250. The van der Waals surface area contributed by atoms with Gasteiger partial charge in [-0.3, -0.25) is 4.79 Å². The number of nitrogens with one attached hydrogen (secondary N) is 2. The maximum Gasteiger partial charge on any atom is 0.240 e. The molecule has 1 amide bonds. The second kappa shape index (κ2) is 6.90. The number of piperidine rings is 1. The number of nitrogens with zero attached hydrogens (tertiary/aromatic N) is 1. The first-order chi connectivity index (χ1) is 9.57. The third-order valence-corrected chi connectivity index (χ3v) is 4.95. The van der Waals surface area contributed by atoms with Crippen LogP contribution in [0.3, 0.4) is 0 Å². The van der Waals surface area contributed by atoms with E-state index >= 15 is 0 Å². The average Bonchev–Trinajstić information content (AvgIpc) is 2.89. The molecule has 2 heterocycles. The van der Waals surface area contributed by atoms with Crippen LogP contribution in [-0.2, 0) is 4.79 Å². The fourth-order valence-electron chi connectivity index (χ4n) is 3.64. The number of amides is 1. The van der Waals surface area contributed by atoms with E-state index in [1.54, 1.807) is 0 Å². The van der Waals surface area contributed by atoms with E-state index < -0.39 is 0 Å². The third-order valence-electron chi connectivity index (χ3n) is 4.95. The number of rotatable bonds is 5. The third kappa shape index (κ3) is 3.53. The zero-order valence-corrected chi connectivity index (χ0v) is 13.4. The maximum absolute atomic E-state index is 12.7. The summed E-state index contributed by atoms with van der Waals surface area (Å²) in [6.07, 6.45) is 6.32. The molecule has 4 heteroatoms. The summed E-state index contributed by atoms with van der Waals surface area (Å²) in [5.41, 5.74) is -0.274. The summed E-state index contributed by atoms with van der Waals surface area (Å²) >= 11 is 0. The predicted molar refractivity (Wildman–Crippen MR) is 82.7 cm³/mol. The van der Waals surface area contributed by atoms with Crippen LogP contribution in [0.25, 0.3) is 0 Å². The number of hydrogen-bond donors (Lipinski definition) is 2. The molecule has 0 aromatic carbocycles. The van der Waals surface area contributed by atoms with Crippen LogP contribution in [0.15, 0.2) is 0 Å². The Balaban J connectivity index is 1.85. The summed E-state index contributed by atoms with van der Waals surface area (Å²) in [5, 5.41) is 6.78. The van der Waals surface area contributed by atoms with E-state index in [1.807, 2.05) is 0 Å².